The van der Waals surface area contributed by atoms with Crippen LogP contribution >= 0.6 is 0 Å². The van der Waals surface area contributed by atoms with Gasteiger partial charge in [-0.3, -0.25) is 4.79 Å². The number of rotatable bonds is 5. The van der Waals surface area contributed by atoms with Crippen molar-refractivity contribution < 1.29 is 9.69 Å². The number of para-hydroxylation sites is 1. The maximum absolute atomic E-state index is 12.0. The molecule has 0 spiro atoms. The van der Waals surface area contributed by atoms with Gasteiger partial charge in [-0.15, -0.1) is 0 Å². The van der Waals surface area contributed by atoms with Crippen LogP contribution in [0.2, 0.25) is 0 Å². The number of piperazine rings is 1. The molecule has 4 nitrogen and oxygen atoms in total. The van der Waals surface area contributed by atoms with Gasteiger partial charge in [0.05, 0.1) is 26.2 Å². The van der Waals surface area contributed by atoms with E-state index in [1.165, 1.54) is 10.6 Å². The third-order valence-corrected chi connectivity index (χ3v) is 4.08. The summed E-state index contributed by atoms with van der Waals surface area (Å²) in [7, 11) is 0. The van der Waals surface area contributed by atoms with Crippen LogP contribution in [0, 0.1) is 0 Å². The zero-order valence-corrected chi connectivity index (χ0v) is 12.6. The summed E-state index contributed by atoms with van der Waals surface area (Å²) >= 11 is 0. The molecule has 2 rings (SSSR count). The Morgan fingerprint density at radius 3 is 2.55 bits per heavy atom. The van der Waals surface area contributed by atoms with Crippen LogP contribution in [0.1, 0.15) is 20.3 Å². The van der Waals surface area contributed by atoms with Crippen LogP contribution in [-0.2, 0) is 4.79 Å². The van der Waals surface area contributed by atoms with E-state index in [0.29, 0.717) is 0 Å². The lowest BCUT2D eigenvalue weighted by Crippen LogP contribution is -3.19. The zero-order valence-electron chi connectivity index (χ0n) is 12.6. The highest BCUT2D eigenvalue weighted by atomic mass is 16.2. The standard InChI is InChI=1S/C16H25N3O/c1-3-9-17-16(20)14(2)18-10-12-19(13-11-18)15-7-5-4-6-8-15/h4-8,14H,3,9-13H2,1-2H3,(H,17,20)/p+1/t14-/m0/s1. The smallest absolute Gasteiger partial charge is 0.278 e. The van der Waals surface area contributed by atoms with Gasteiger partial charge in [-0.1, -0.05) is 25.1 Å². The fourth-order valence-electron chi connectivity index (χ4n) is 2.71. The van der Waals surface area contributed by atoms with Crippen molar-refractivity contribution in [3.63, 3.8) is 0 Å². The van der Waals surface area contributed by atoms with Gasteiger partial charge in [0.2, 0.25) is 0 Å². The Morgan fingerprint density at radius 2 is 1.95 bits per heavy atom. The number of carbonyl (C=O) groups excluding carboxylic acids is 1. The number of hydrogen-bond acceptors (Lipinski definition) is 2. The number of quaternary nitrogens is 1. The zero-order chi connectivity index (χ0) is 14.4. The molecule has 1 aliphatic heterocycles. The van der Waals surface area contributed by atoms with Gasteiger partial charge in [0.25, 0.3) is 5.91 Å². The van der Waals surface area contributed by atoms with Crippen LogP contribution in [0.3, 0.4) is 0 Å². The van der Waals surface area contributed by atoms with Crippen LogP contribution < -0.4 is 15.1 Å². The predicted molar refractivity (Wildman–Crippen MR) is 82.1 cm³/mol. The summed E-state index contributed by atoms with van der Waals surface area (Å²) < 4.78 is 0. The number of nitrogens with zero attached hydrogens (tertiary/aromatic N) is 1. The summed E-state index contributed by atoms with van der Waals surface area (Å²) in [6.45, 7) is 8.99. The molecule has 110 valence electrons. The molecule has 0 aliphatic carbocycles. The average Bonchev–Trinajstić information content (AvgIpc) is 2.53. The number of nitrogens with one attached hydrogen (secondary N) is 2. The van der Waals surface area contributed by atoms with Gasteiger partial charge in [-0.2, -0.15) is 0 Å². The Morgan fingerprint density at radius 1 is 1.30 bits per heavy atom. The maximum atomic E-state index is 12.0. The minimum atomic E-state index is 0.0551. The second-order valence-electron chi connectivity index (χ2n) is 5.49. The number of amides is 1. The third kappa shape index (κ3) is 3.73. The van der Waals surface area contributed by atoms with Crippen molar-refractivity contribution in [3.05, 3.63) is 30.3 Å². The molecule has 1 heterocycles. The first-order valence-electron chi connectivity index (χ1n) is 7.64. The highest BCUT2D eigenvalue weighted by Gasteiger charge is 2.28. The van der Waals surface area contributed by atoms with E-state index >= 15 is 0 Å². The summed E-state index contributed by atoms with van der Waals surface area (Å²) in [6.07, 6.45) is 0.996. The lowest BCUT2D eigenvalue weighted by atomic mass is 10.2. The van der Waals surface area contributed by atoms with Crippen LogP contribution in [0.4, 0.5) is 5.69 Å². The summed E-state index contributed by atoms with van der Waals surface area (Å²) in [4.78, 5) is 15.8. The van der Waals surface area contributed by atoms with Crippen molar-refractivity contribution >= 4 is 11.6 Å². The fourth-order valence-corrected chi connectivity index (χ4v) is 2.71. The summed E-state index contributed by atoms with van der Waals surface area (Å²) in [5, 5.41) is 3.00. The molecule has 0 aromatic heterocycles. The molecule has 0 bridgehead atoms. The molecule has 1 aromatic carbocycles. The van der Waals surface area contributed by atoms with E-state index < -0.39 is 0 Å². The minimum Gasteiger partial charge on any atom is -0.360 e. The lowest BCUT2D eigenvalue weighted by molar-refractivity contribution is -0.914. The van der Waals surface area contributed by atoms with Gasteiger partial charge in [0.1, 0.15) is 0 Å². The van der Waals surface area contributed by atoms with Gasteiger partial charge >= 0.3 is 0 Å². The normalized spacial score (nSPS) is 17.8. The maximum Gasteiger partial charge on any atom is 0.278 e. The molecule has 1 amide bonds. The Hall–Kier alpha value is -1.55. The fraction of sp³-hybridized carbons (Fsp3) is 0.562. The highest BCUT2D eigenvalue weighted by Crippen LogP contribution is 2.12. The van der Waals surface area contributed by atoms with Gasteiger partial charge in [0, 0.05) is 12.2 Å². The molecule has 1 fully saturated rings. The number of carbonyl (C=O) groups is 1. The van der Waals surface area contributed by atoms with Gasteiger partial charge in [0.15, 0.2) is 6.04 Å². The van der Waals surface area contributed by atoms with Crippen molar-refractivity contribution in [1.29, 1.82) is 0 Å². The molecular formula is C16H26N3O+. The molecule has 0 radical (unpaired) electrons. The summed E-state index contributed by atoms with van der Waals surface area (Å²) in [6, 6.07) is 10.6. The van der Waals surface area contributed by atoms with Crippen LogP contribution in [0.25, 0.3) is 0 Å². The molecule has 20 heavy (non-hydrogen) atoms. The van der Waals surface area contributed by atoms with E-state index in [1.54, 1.807) is 0 Å². The molecule has 1 aliphatic rings. The van der Waals surface area contributed by atoms with Crippen molar-refractivity contribution in [1.82, 2.24) is 5.32 Å². The molecule has 0 saturated carbocycles. The Bertz CT molecular complexity index is 413. The topological polar surface area (TPSA) is 36.8 Å². The van der Waals surface area contributed by atoms with Crippen molar-refractivity contribution in [2.24, 2.45) is 0 Å². The molecule has 0 unspecified atom stereocenters. The molecule has 1 aromatic rings. The van der Waals surface area contributed by atoms with Gasteiger partial charge < -0.3 is 15.1 Å². The monoisotopic (exact) mass is 276 g/mol. The van der Waals surface area contributed by atoms with Crippen molar-refractivity contribution in [2.75, 3.05) is 37.6 Å². The van der Waals surface area contributed by atoms with Crippen molar-refractivity contribution in [2.45, 2.75) is 26.3 Å². The quantitative estimate of drug-likeness (QED) is 0.812. The Labute approximate surface area is 121 Å². The molecule has 1 saturated heterocycles. The van der Waals surface area contributed by atoms with Crippen LogP contribution in [0.15, 0.2) is 30.3 Å². The first-order valence-corrected chi connectivity index (χ1v) is 7.64. The second kappa shape index (κ2) is 7.29. The minimum absolute atomic E-state index is 0.0551. The van der Waals surface area contributed by atoms with E-state index in [9.17, 15) is 4.79 Å². The molecule has 1 atom stereocenters. The predicted octanol–water partition coefficient (Wildman–Crippen LogP) is 0.306. The van der Waals surface area contributed by atoms with E-state index in [1.807, 2.05) is 13.0 Å². The summed E-state index contributed by atoms with van der Waals surface area (Å²) in [5.41, 5.74) is 1.29. The van der Waals surface area contributed by atoms with E-state index in [4.69, 9.17) is 0 Å². The van der Waals surface area contributed by atoms with E-state index in [0.717, 1.165) is 39.1 Å². The average molecular weight is 276 g/mol. The Balaban J connectivity index is 1.83. The molecular weight excluding hydrogens is 250 g/mol. The van der Waals surface area contributed by atoms with E-state index in [-0.39, 0.29) is 11.9 Å². The van der Waals surface area contributed by atoms with Crippen molar-refractivity contribution in [3.8, 4) is 0 Å². The van der Waals surface area contributed by atoms with Crippen LogP contribution in [-0.4, -0.2) is 44.7 Å². The largest absolute Gasteiger partial charge is 0.360 e. The number of benzene rings is 1. The lowest BCUT2D eigenvalue weighted by Gasteiger charge is -2.36. The van der Waals surface area contributed by atoms with E-state index in [2.05, 4.69) is 41.4 Å². The number of anilines is 1. The SMILES string of the molecule is CCCNC(=O)[C@H](C)[NH+]1CCN(c2ccccc2)CC1. The summed E-state index contributed by atoms with van der Waals surface area (Å²) in [5.74, 6) is 0.190. The third-order valence-electron chi connectivity index (χ3n) is 4.08. The molecule has 4 heteroatoms. The first-order chi connectivity index (χ1) is 9.72. The van der Waals surface area contributed by atoms with Crippen LogP contribution in [0.5, 0.6) is 0 Å². The number of hydrogen-bond donors (Lipinski definition) is 2. The Kier molecular flexibility index (Phi) is 5.41. The highest BCUT2D eigenvalue weighted by molar-refractivity contribution is 5.79. The van der Waals surface area contributed by atoms with Gasteiger partial charge in [-0.05, 0) is 25.5 Å². The van der Waals surface area contributed by atoms with Gasteiger partial charge in [-0.25, -0.2) is 0 Å². The molecule has 2 N–H and O–H groups in total. The first kappa shape index (κ1) is 14.9. The second-order valence-corrected chi connectivity index (χ2v) is 5.49.